The van der Waals surface area contributed by atoms with E-state index in [1.165, 1.54) is 29.7 Å². The number of fused-ring (bicyclic) bond motifs is 3. The lowest BCUT2D eigenvalue weighted by Crippen LogP contribution is -2.16. The van der Waals surface area contributed by atoms with Crippen LogP contribution >= 0.6 is 11.3 Å². The predicted molar refractivity (Wildman–Crippen MR) is 129 cm³/mol. The summed E-state index contributed by atoms with van der Waals surface area (Å²) in [5.74, 6) is 0.658. The molecule has 0 saturated heterocycles. The highest BCUT2D eigenvalue weighted by molar-refractivity contribution is 7.89. The van der Waals surface area contributed by atoms with Gasteiger partial charge in [-0.1, -0.05) is 18.2 Å². The van der Waals surface area contributed by atoms with Crippen LogP contribution in [0.2, 0.25) is 0 Å². The second-order valence-corrected chi connectivity index (χ2v) is 9.97. The van der Waals surface area contributed by atoms with E-state index in [0.717, 1.165) is 21.1 Å². The van der Waals surface area contributed by atoms with Gasteiger partial charge in [0.2, 0.25) is 10.0 Å². The second-order valence-electron chi connectivity index (χ2n) is 7.38. The van der Waals surface area contributed by atoms with E-state index in [1.54, 1.807) is 24.3 Å². The Morgan fingerprint density at radius 3 is 2.61 bits per heavy atom. The van der Waals surface area contributed by atoms with Gasteiger partial charge in [0.05, 0.1) is 16.0 Å². The summed E-state index contributed by atoms with van der Waals surface area (Å²) in [6.07, 6.45) is 1.41. The number of furan rings is 1. The Hall–Kier alpha value is -3.73. The van der Waals surface area contributed by atoms with Crippen molar-refractivity contribution in [2.24, 2.45) is 17.3 Å². The van der Waals surface area contributed by atoms with Gasteiger partial charge in [-0.2, -0.15) is 5.10 Å². The van der Waals surface area contributed by atoms with Gasteiger partial charge in [0, 0.05) is 28.9 Å². The number of nitrogens with zero attached hydrogens (tertiary/aromatic N) is 2. The molecule has 0 aliphatic rings. The van der Waals surface area contributed by atoms with E-state index >= 15 is 0 Å². The van der Waals surface area contributed by atoms with Crippen molar-refractivity contribution in [3.05, 3.63) is 77.4 Å². The van der Waals surface area contributed by atoms with Crippen LogP contribution in [0, 0.1) is 0 Å². The number of carbonyl (C=O) groups excluding carboxylic acids is 1. The van der Waals surface area contributed by atoms with Gasteiger partial charge in [0.25, 0.3) is 5.91 Å². The number of para-hydroxylation sites is 1. The van der Waals surface area contributed by atoms with Crippen LogP contribution in [-0.2, 0) is 17.1 Å². The average molecular weight is 479 g/mol. The Balaban J connectivity index is 1.29. The van der Waals surface area contributed by atoms with Crippen molar-refractivity contribution in [2.45, 2.75) is 4.90 Å². The van der Waals surface area contributed by atoms with Crippen LogP contribution < -0.4 is 10.6 Å². The second kappa shape index (κ2) is 8.00. The van der Waals surface area contributed by atoms with E-state index in [9.17, 15) is 13.2 Å². The zero-order chi connectivity index (χ0) is 23.2. The van der Waals surface area contributed by atoms with E-state index in [1.807, 2.05) is 31.3 Å². The highest BCUT2D eigenvalue weighted by Gasteiger charge is 2.15. The first-order valence-electron chi connectivity index (χ1n) is 9.85. The Bertz CT molecular complexity index is 1640. The molecule has 2 aromatic carbocycles. The van der Waals surface area contributed by atoms with Crippen LogP contribution in [0.15, 0.2) is 81.1 Å². The third-order valence-corrected chi connectivity index (χ3v) is 7.39. The summed E-state index contributed by atoms with van der Waals surface area (Å²) in [7, 11) is -1.77. The molecule has 5 aromatic rings. The van der Waals surface area contributed by atoms with Crippen molar-refractivity contribution in [1.29, 1.82) is 0 Å². The number of rotatable bonds is 5. The number of hydrazone groups is 1. The topological polar surface area (TPSA) is 120 Å². The Labute approximate surface area is 193 Å². The van der Waals surface area contributed by atoms with Crippen LogP contribution in [0.4, 0.5) is 0 Å². The number of benzene rings is 2. The van der Waals surface area contributed by atoms with E-state index in [-0.39, 0.29) is 10.8 Å². The summed E-state index contributed by atoms with van der Waals surface area (Å²) in [6, 6.07) is 19.4. The summed E-state index contributed by atoms with van der Waals surface area (Å²) in [5.41, 5.74) is 4.34. The van der Waals surface area contributed by atoms with Crippen molar-refractivity contribution >= 4 is 54.6 Å². The number of aromatic nitrogens is 1. The molecular weight excluding hydrogens is 460 g/mol. The van der Waals surface area contributed by atoms with E-state index in [4.69, 9.17) is 9.56 Å². The van der Waals surface area contributed by atoms with Crippen molar-refractivity contribution in [1.82, 2.24) is 9.99 Å². The monoisotopic (exact) mass is 478 g/mol. The molecule has 0 spiro atoms. The molecule has 0 fully saturated rings. The van der Waals surface area contributed by atoms with Gasteiger partial charge < -0.3 is 8.98 Å². The standard InChI is InChI=1S/C23H18N4O4S2/c1-27-19-5-3-2-4-17(19)18-12-21(32-23(18)27)22(28)26-25-13-15-8-11-20(31-15)14-6-9-16(10-7-14)33(24,29)30/h2-13H,1H3,(H,26,28)(H2,24,29,30)/b25-13+. The third kappa shape index (κ3) is 3.95. The van der Waals surface area contributed by atoms with Gasteiger partial charge in [-0.05, 0) is 48.5 Å². The first-order valence-corrected chi connectivity index (χ1v) is 12.2. The molecule has 5 rings (SSSR count). The molecule has 166 valence electrons. The van der Waals surface area contributed by atoms with Gasteiger partial charge >= 0.3 is 0 Å². The molecule has 8 nitrogen and oxygen atoms in total. The molecule has 0 saturated carbocycles. The number of sulfonamides is 1. The number of aryl methyl sites for hydroxylation is 1. The third-order valence-electron chi connectivity index (χ3n) is 5.25. The van der Waals surface area contributed by atoms with Crippen molar-refractivity contribution in [3.63, 3.8) is 0 Å². The lowest BCUT2D eigenvalue weighted by Gasteiger charge is -2.00. The fourth-order valence-electron chi connectivity index (χ4n) is 3.63. The van der Waals surface area contributed by atoms with E-state index in [0.29, 0.717) is 22.0 Å². The molecule has 3 aromatic heterocycles. The van der Waals surface area contributed by atoms with Crippen molar-refractivity contribution < 1.29 is 17.6 Å². The summed E-state index contributed by atoms with van der Waals surface area (Å²) < 4.78 is 30.5. The van der Waals surface area contributed by atoms with E-state index in [2.05, 4.69) is 21.2 Å². The molecule has 0 radical (unpaired) electrons. The number of primary sulfonamides is 1. The quantitative estimate of drug-likeness (QED) is 0.292. The van der Waals surface area contributed by atoms with Crippen LogP contribution in [0.5, 0.6) is 0 Å². The van der Waals surface area contributed by atoms with Crippen molar-refractivity contribution in [3.8, 4) is 11.3 Å². The fraction of sp³-hybridized carbons (Fsp3) is 0.0435. The average Bonchev–Trinajstić information content (AvgIpc) is 3.50. The predicted octanol–water partition coefficient (Wildman–Crippen LogP) is 4.06. The molecule has 0 bridgehead atoms. The SMILES string of the molecule is Cn1c2ccccc2c2cc(C(=O)N/N=C/c3ccc(-c4ccc(S(N)(=O)=O)cc4)o3)sc21. The Morgan fingerprint density at radius 2 is 1.85 bits per heavy atom. The molecule has 33 heavy (non-hydrogen) atoms. The number of amides is 1. The van der Waals surface area contributed by atoms with Gasteiger partial charge in [-0.3, -0.25) is 4.79 Å². The normalized spacial score (nSPS) is 12.2. The summed E-state index contributed by atoms with van der Waals surface area (Å²) in [5, 5.41) is 11.3. The summed E-state index contributed by atoms with van der Waals surface area (Å²) in [4.78, 5) is 14.2. The molecule has 0 unspecified atom stereocenters. The number of carbonyl (C=O) groups is 1. The summed E-state index contributed by atoms with van der Waals surface area (Å²) >= 11 is 1.41. The smallest absolute Gasteiger partial charge is 0.281 e. The molecular formula is C23H18N4O4S2. The lowest BCUT2D eigenvalue weighted by atomic mass is 10.2. The number of hydrogen-bond donors (Lipinski definition) is 2. The fourth-order valence-corrected chi connectivity index (χ4v) is 5.19. The molecule has 0 aliphatic heterocycles. The van der Waals surface area contributed by atoms with Crippen LogP contribution in [0.3, 0.4) is 0 Å². The van der Waals surface area contributed by atoms with Crippen LogP contribution in [-0.4, -0.2) is 25.1 Å². The maximum Gasteiger partial charge on any atom is 0.281 e. The number of nitrogens with two attached hydrogens (primary N) is 1. The van der Waals surface area contributed by atoms with Gasteiger partial charge in [-0.25, -0.2) is 19.0 Å². The summed E-state index contributed by atoms with van der Waals surface area (Å²) in [6.45, 7) is 0. The first-order chi connectivity index (χ1) is 15.8. The zero-order valence-corrected chi connectivity index (χ0v) is 19.0. The molecule has 0 atom stereocenters. The Morgan fingerprint density at radius 1 is 1.09 bits per heavy atom. The zero-order valence-electron chi connectivity index (χ0n) is 17.3. The molecule has 3 N–H and O–H groups in total. The number of thiophene rings is 1. The number of hydrogen-bond acceptors (Lipinski definition) is 6. The maximum absolute atomic E-state index is 12.6. The molecule has 0 aliphatic carbocycles. The minimum Gasteiger partial charge on any atom is -0.455 e. The Kier molecular flexibility index (Phi) is 5.12. The van der Waals surface area contributed by atoms with Crippen molar-refractivity contribution in [2.75, 3.05) is 0 Å². The minimum atomic E-state index is -3.75. The first kappa shape index (κ1) is 21.1. The molecule has 10 heteroatoms. The van der Waals surface area contributed by atoms with Crippen LogP contribution in [0.1, 0.15) is 15.4 Å². The molecule has 3 heterocycles. The van der Waals surface area contributed by atoms with Gasteiger partial charge in [0.15, 0.2) is 0 Å². The highest BCUT2D eigenvalue weighted by atomic mass is 32.2. The largest absolute Gasteiger partial charge is 0.455 e. The van der Waals surface area contributed by atoms with E-state index < -0.39 is 10.0 Å². The number of nitrogens with one attached hydrogen (secondary N) is 1. The maximum atomic E-state index is 12.6. The molecule has 1 amide bonds. The van der Waals surface area contributed by atoms with Gasteiger partial charge in [0.1, 0.15) is 16.4 Å². The van der Waals surface area contributed by atoms with Gasteiger partial charge in [-0.15, -0.1) is 11.3 Å². The lowest BCUT2D eigenvalue weighted by molar-refractivity contribution is 0.0959. The minimum absolute atomic E-state index is 0.0246. The highest BCUT2D eigenvalue weighted by Crippen LogP contribution is 2.34. The van der Waals surface area contributed by atoms with Crippen LogP contribution in [0.25, 0.3) is 32.4 Å².